The van der Waals surface area contributed by atoms with E-state index in [0.717, 1.165) is 18.2 Å². The van der Waals surface area contributed by atoms with Gasteiger partial charge in [-0.3, -0.25) is 10.2 Å². The van der Waals surface area contributed by atoms with Gasteiger partial charge >= 0.3 is 0 Å². The molecule has 31 heavy (non-hydrogen) atoms. The number of methoxy groups -OCH3 is 2. The maximum Gasteiger partial charge on any atom is 0.266 e. The summed E-state index contributed by atoms with van der Waals surface area (Å²) in [6.45, 7) is 0.0252. The Morgan fingerprint density at radius 1 is 1.10 bits per heavy atom. The van der Waals surface area contributed by atoms with Crippen molar-refractivity contribution < 1.29 is 42.1 Å². The fourth-order valence-corrected chi connectivity index (χ4v) is 3.74. The predicted octanol–water partition coefficient (Wildman–Crippen LogP) is -0.181. The molecule has 0 unspecified atom stereocenters. The zero-order valence-corrected chi connectivity index (χ0v) is 17.1. The second kappa shape index (κ2) is 8.93. The lowest BCUT2D eigenvalue weighted by Gasteiger charge is -2.15. The van der Waals surface area contributed by atoms with E-state index in [1.54, 1.807) is 0 Å². The van der Waals surface area contributed by atoms with Crippen molar-refractivity contribution in [3.63, 3.8) is 0 Å². The molecule has 0 bridgehead atoms. The number of amides is 1. The van der Waals surface area contributed by atoms with Crippen LogP contribution in [0.5, 0.6) is 23.0 Å². The minimum Gasteiger partial charge on any atom is -0.545 e. The van der Waals surface area contributed by atoms with Crippen LogP contribution >= 0.6 is 0 Å². The summed E-state index contributed by atoms with van der Waals surface area (Å²) in [6, 6.07) is 6.89. The summed E-state index contributed by atoms with van der Waals surface area (Å²) in [5.41, 5.74) is 2.41. The molecule has 11 nitrogen and oxygen atoms in total. The van der Waals surface area contributed by atoms with E-state index in [0.29, 0.717) is 11.5 Å². The second-order valence-corrected chi connectivity index (χ2v) is 7.69. The first-order valence-electron chi connectivity index (χ1n) is 8.62. The SMILES string of the molecule is COc1cc(/C=C/C(=O)[O-])cc(S(=O)(=O)NNC(=O)c2ccc3c(c2)OCO3)c1OC. The Balaban J connectivity index is 1.87. The number of carboxylic acids is 1. The van der Waals surface area contributed by atoms with Gasteiger partial charge in [-0.2, -0.15) is 0 Å². The van der Waals surface area contributed by atoms with Crippen molar-refractivity contribution >= 4 is 28.0 Å². The minimum absolute atomic E-state index is 0.0252. The Morgan fingerprint density at radius 3 is 2.52 bits per heavy atom. The number of hydrazine groups is 1. The average Bonchev–Trinajstić information content (AvgIpc) is 3.23. The standard InChI is InChI=1S/C19H18N2O9S/c1-27-15-7-11(3-6-17(22)23)8-16(18(15)28-2)31(25,26)21-20-19(24)12-4-5-13-14(9-12)30-10-29-13/h3-9,21H,10H2,1-2H3,(H,20,24)(H,22,23)/p-1/b6-3+. The van der Waals surface area contributed by atoms with Crippen LogP contribution in [-0.2, 0) is 14.8 Å². The van der Waals surface area contributed by atoms with Crippen molar-refractivity contribution in [3.8, 4) is 23.0 Å². The normalized spacial score (nSPS) is 12.6. The van der Waals surface area contributed by atoms with Gasteiger partial charge in [-0.1, -0.05) is 6.08 Å². The number of sulfonamides is 1. The van der Waals surface area contributed by atoms with Crippen LogP contribution in [0.1, 0.15) is 15.9 Å². The van der Waals surface area contributed by atoms with Crippen molar-refractivity contribution in [1.29, 1.82) is 0 Å². The fourth-order valence-electron chi connectivity index (χ4n) is 2.69. The van der Waals surface area contributed by atoms with Crippen LogP contribution in [0.25, 0.3) is 6.08 Å². The van der Waals surface area contributed by atoms with Crippen LogP contribution in [-0.4, -0.2) is 41.3 Å². The Morgan fingerprint density at radius 2 is 1.84 bits per heavy atom. The smallest absolute Gasteiger partial charge is 0.266 e. The minimum atomic E-state index is -4.35. The highest BCUT2D eigenvalue weighted by atomic mass is 32.2. The van der Waals surface area contributed by atoms with Crippen molar-refractivity contribution in [1.82, 2.24) is 10.3 Å². The molecule has 1 aliphatic heterocycles. The molecule has 1 heterocycles. The molecule has 1 amide bonds. The molecule has 3 rings (SSSR count). The van der Waals surface area contributed by atoms with Gasteiger partial charge in [-0.25, -0.2) is 8.42 Å². The second-order valence-electron chi connectivity index (χ2n) is 6.03. The van der Waals surface area contributed by atoms with E-state index in [9.17, 15) is 23.1 Å². The zero-order valence-electron chi connectivity index (χ0n) is 16.3. The maximum absolute atomic E-state index is 12.8. The summed E-state index contributed by atoms with van der Waals surface area (Å²) in [7, 11) is -1.83. The molecule has 1 aliphatic rings. The monoisotopic (exact) mass is 449 g/mol. The molecule has 0 saturated carbocycles. The largest absolute Gasteiger partial charge is 0.545 e. The number of benzene rings is 2. The molecule has 0 atom stereocenters. The summed E-state index contributed by atoms with van der Waals surface area (Å²) in [5.74, 6) is -1.50. The lowest BCUT2D eigenvalue weighted by atomic mass is 10.2. The van der Waals surface area contributed by atoms with Crippen molar-refractivity contribution in [2.45, 2.75) is 4.90 Å². The average molecular weight is 449 g/mol. The van der Waals surface area contributed by atoms with Crippen LogP contribution in [0.3, 0.4) is 0 Å². The third-order valence-corrected chi connectivity index (χ3v) is 5.36. The van der Waals surface area contributed by atoms with E-state index in [4.69, 9.17) is 18.9 Å². The van der Waals surface area contributed by atoms with Gasteiger partial charge in [0, 0.05) is 5.56 Å². The number of fused-ring (bicyclic) bond motifs is 1. The highest BCUT2D eigenvalue weighted by molar-refractivity contribution is 7.89. The van der Waals surface area contributed by atoms with Gasteiger partial charge in [0.1, 0.15) is 4.90 Å². The Hall–Kier alpha value is -3.77. The third-order valence-electron chi connectivity index (χ3n) is 4.10. The number of hydrogen-bond donors (Lipinski definition) is 2. The predicted molar refractivity (Wildman–Crippen MR) is 104 cm³/mol. The maximum atomic E-state index is 12.8. The highest BCUT2D eigenvalue weighted by Gasteiger charge is 2.25. The number of hydrogen-bond acceptors (Lipinski definition) is 9. The molecule has 0 aliphatic carbocycles. The summed E-state index contributed by atoms with van der Waals surface area (Å²) in [4.78, 5) is 24.6. The van der Waals surface area contributed by atoms with E-state index < -0.39 is 26.8 Å². The van der Waals surface area contributed by atoms with Gasteiger partial charge in [0.25, 0.3) is 15.9 Å². The van der Waals surface area contributed by atoms with Gasteiger partial charge in [0.15, 0.2) is 23.0 Å². The number of nitrogens with one attached hydrogen (secondary N) is 2. The van der Waals surface area contributed by atoms with E-state index in [1.807, 2.05) is 4.83 Å². The van der Waals surface area contributed by atoms with Crippen molar-refractivity contribution in [3.05, 3.63) is 47.5 Å². The van der Waals surface area contributed by atoms with Crippen LogP contribution in [0.15, 0.2) is 41.3 Å². The van der Waals surface area contributed by atoms with Gasteiger partial charge in [0.2, 0.25) is 6.79 Å². The Bertz CT molecular complexity index is 1160. The molecule has 2 aromatic rings. The van der Waals surface area contributed by atoms with Gasteiger partial charge in [0.05, 0.1) is 20.2 Å². The van der Waals surface area contributed by atoms with Crippen LogP contribution < -0.4 is 34.3 Å². The molecule has 12 heteroatoms. The molecule has 0 fully saturated rings. The molecular weight excluding hydrogens is 432 g/mol. The molecule has 0 aromatic heterocycles. The van der Waals surface area contributed by atoms with Crippen LogP contribution in [0.4, 0.5) is 0 Å². The van der Waals surface area contributed by atoms with E-state index in [2.05, 4.69) is 5.43 Å². The van der Waals surface area contributed by atoms with E-state index >= 15 is 0 Å². The Labute approximate surface area is 177 Å². The first kappa shape index (κ1) is 21.9. The van der Waals surface area contributed by atoms with Gasteiger partial charge in [-0.15, -0.1) is 4.83 Å². The molecule has 2 N–H and O–H groups in total. The van der Waals surface area contributed by atoms with Crippen LogP contribution in [0, 0.1) is 0 Å². The lowest BCUT2D eigenvalue weighted by molar-refractivity contribution is -0.297. The molecule has 164 valence electrons. The van der Waals surface area contributed by atoms with E-state index in [-0.39, 0.29) is 29.4 Å². The first-order valence-corrected chi connectivity index (χ1v) is 10.1. The fraction of sp³-hybridized carbons (Fsp3) is 0.158. The number of rotatable bonds is 8. The number of ether oxygens (including phenoxy) is 4. The molecular formula is C19H17N2O9S-. The molecule has 0 saturated heterocycles. The van der Waals surface area contributed by atoms with Gasteiger partial charge in [-0.05, 0) is 42.0 Å². The molecule has 0 radical (unpaired) electrons. The summed E-state index contributed by atoms with van der Waals surface area (Å²) < 4.78 is 46.3. The number of aliphatic carboxylic acids is 1. The third kappa shape index (κ3) is 4.87. The van der Waals surface area contributed by atoms with Crippen LogP contribution in [0.2, 0.25) is 0 Å². The summed E-state index contributed by atoms with van der Waals surface area (Å²) >= 11 is 0. The van der Waals surface area contributed by atoms with Crippen molar-refractivity contribution in [2.24, 2.45) is 0 Å². The lowest BCUT2D eigenvalue weighted by Crippen LogP contribution is -2.41. The molecule has 2 aromatic carbocycles. The summed E-state index contributed by atoms with van der Waals surface area (Å²) in [6.07, 6.45) is 1.86. The topological polar surface area (TPSA) is 152 Å². The number of carbonyl (C=O) groups is 2. The van der Waals surface area contributed by atoms with Gasteiger partial charge < -0.3 is 28.8 Å². The molecule has 0 spiro atoms. The zero-order chi connectivity index (χ0) is 22.6. The Kier molecular flexibility index (Phi) is 6.32. The quantitative estimate of drug-likeness (QED) is 0.413. The summed E-state index contributed by atoms with van der Waals surface area (Å²) in [5, 5.41) is 10.7. The first-order chi connectivity index (χ1) is 14.7. The highest BCUT2D eigenvalue weighted by Crippen LogP contribution is 2.36. The number of carbonyl (C=O) groups excluding carboxylic acids is 2. The van der Waals surface area contributed by atoms with E-state index in [1.165, 1.54) is 38.5 Å². The van der Waals surface area contributed by atoms with Crippen molar-refractivity contribution in [2.75, 3.05) is 21.0 Å². The number of carboxylic acid groups (broad SMARTS) is 1.